The van der Waals surface area contributed by atoms with Crippen molar-refractivity contribution in [3.05, 3.63) is 20.9 Å². The van der Waals surface area contributed by atoms with Gasteiger partial charge in [-0.15, -0.1) is 3.89 Å². The number of aromatic nitrogens is 1. The third-order valence-electron chi connectivity index (χ3n) is 2.53. The van der Waals surface area contributed by atoms with Gasteiger partial charge < -0.3 is 0 Å². The second kappa shape index (κ2) is 4.89. The van der Waals surface area contributed by atoms with Crippen LogP contribution >= 0.6 is 34.2 Å². The zero-order valence-corrected chi connectivity index (χ0v) is 12.5. The van der Waals surface area contributed by atoms with Gasteiger partial charge in [-0.2, -0.15) is 8.42 Å². The van der Waals surface area contributed by atoms with Gasteiger partial charge in [-0.1, -0.05) is 11.6 Å². The van der Waals surface area contributed by atoms with Crippen LogP contribution in [0.15, 0.2) is 12.3 Å². The normalized spacial score (nSPS) is 20.5. The first-order valence-corrected chi connectivity index (χ1v) is 7.74. The van der Waals surface area contributed by atoms with E-state index in [1.807, 2.05) is 22.6 Å². The van der Waals surface area contributed by atoms with E-state index in [9.17, 15) is 17.1 Å². The first-order chi connectivity index (χ1) is 8.29. The molecule has 2 heterocycles. The monoisotopic (exact) mass is 404 g/mol. The van der Waals surface area contributed by atoms with Crippen LogP contribution in [0.3, 0.4) is 0 Å². The molecule has 1 aromatic heterocycles. The molecule has 18 heavy (non-hydrogen) atoms. The molecule has 1 atom stereocenters. The molecule has 9 heteroatoms. The highest BCUT2D eigenvalue weighted by atomic mass is 127. The molecule has 1 saturated heterocycles. The number of carbonyl (C=O) groups is 1. The maximum atomic E-state index is 12.9. The van der Waals surface area contributed by atoms with Crippen LogP contribution in [0.1, 0.15) is 6.42 Å². The van der Waals surface area contributed by atoms with Crippen LogP contribution in [0.4, 0.5) is 9.70 Å². The maximum absolute atomic E-state index is 12.9. The quantitative estimate of drug-likeness (QED) is 0.556. The molecule has 1 unspecified atom stereocenters. The smallest absolute Gasteiger partial charge is 0.294 e. The summed E-state index contributed by atoms with van der Waals surface area (Å²) >= 11 is 7.66. The minimum absolute atomic E-state index is 0.220. The third-order valence-corrected chi connectivity index (χ3v) is 4.64. The molecule has 0 aliphatic carbocycles. The van der Waals surface area contributed by atoms with Crippen molar-refractivity contribution in [1.82, 2.24) is 4.98 Å². The van der Waals surface area contributed by atoms with E-state index < -0.39 is 21.4 Å². The van der Waals surface area contributed by atoms with Crippen LogP contribution in [-0.4, -0.2) is 31.1 Å². The number of carbonyl (C=O) groups excluding carboxylic acids is 1. The Morgan fingerprint density at radius 1 is 1.56 bits per heavy atom. The summed E-state index contributed by atoms with van der Waals surface area (Å²) in [6.45, 7) is -0.220. The van der Waals surface area contributed by atoms with Crippen LogP contribution in [0, 0.1) is 3.57 Å². The summed E-state index contributed by atoms with van der Waals surface area (Å²) in [7, 11) is -4.72. The minimum Gasteiger partial charge on any atom is -0.294 e. The SMILES string of the molecule is O=C1CC(S(=O)(=O)F)CN1c1ncc(Cl)cc1I. The zero-order chi connectivity index (χ0) is 13.5. The molecule has 0 radical (unpaired) electrons. The fourth-order valence-electron chi connectivity index (χ4n) is 1.67. The Morgan fingerprint density at radius 3 is 2.72 bits per heavy atom. The van der Waals surface area contributed by atoms with Crippen molar-refractivity contribution in [3.8, 4) is 0 Å². The van der Waals surface area contributed by atoms with Gasteiger partial charge in [0.15, 0.2) is 0 Å². The molecule has 1 amide bonds. The third kappa shape index (κ3) is 2.75. The molecular weight excluding hydrogens is 398 g/mol. The largest absolute Gasteiger partial charge is 0.307 e. The Morgan fingerprint density at radius 2 is 2.22 bits per heavy atom. The Kier molecular flexibility index (Phi) is 3.79. The van der Waals surface area contributed by atoms with Gasteiger partial charge in [0, 0.05) is 19.2 Å². The van der Waals surface area contributed by atoms with Crippen molar-refractivity contribution in [2.75, 3.05) is 11.4 Å². The standard InChI is InChI=1S/C9H7ClFIN2O3S/c10-5-1-7(12)9(13-3-5)14-4-6(2-8(14)15)18(11,16)17/h1,3,6H,2,4H2. The summed E-state index contributed by atoms with van der Waals surface area (Å²) < 4.78 is 35.1. The van der Waals surface area contributed by atoms with Crippen molar-refractivity contribution in [2.24, 2.45) is 0 Å². The van der Waals surface area contributed by atoms with E-state index in [1.165, 1.54) is 11.1 Å². The van der Waals surface area contributed by atoms with Gasteiger partial charge in [0.05, 0.1) is 8.59 Å². The Hall–Kier alpha value is -0.480. The molecule has 0 N–H and O–H groups in total. The molecule has 1 aliphatic rings. The van der Waals surface area contributed by atoms with E-state index in [-0.39, 0.29) is 13.0 Å². The number of pyridine rings is 1. The predicted molar refractivity (Wildman–Crippen MR) is 72.7 cm³/mol. The Bertz CT molecular complexity index is 610. The van der Waals surface area contributed by atoms with E-state index in [2.05, 4.69) is 4.98 Å². The lowest BCUT2D eigenvalue weighted by Gasteiger charge is -2.16. The average molecular weight is 405 g/mol. The van der Waals surface area contributed by atoms with E-state index >= 15 is 0 Å². The summed E-state index contributed by atoms with van der Waals surface area (Å²) in [5.74, 6) is -0.162. The van der Waals surface area contributed by atoms with Crippen molar-refractivity contribution >= 4 is 56.1 Å². The summed E-state index contributed by atoms with van der Waals surface area (Å²) in [5, 5.41) is -0.914. The molecule has 0 aromatic carbocycles. The summed E-state index contributed by atoms with van der Waals surface area (Å²) in [5.41, 5.74) is 0. The highest BCUT2D eigenvalue weighted by Crippen LogP contribution is 2.29. The van der Waals surface area contributed by atoms with Gasteiger partial charge in [-0.3, -0.25) is 9.69 Å². The maximum Gasteiger partial charge on any atom is 0.307 e. The zero-order valence-electron chi connectivity index (χ0n) is 8.81. The topological polar surface area (TPSA) is 67.3 Å². The predicted octanol–water partition coefficient (Wildman–Crippen LogP) is 1.74. The van der Waals surface area contributed by atoms with Gasteiger partial charge in [0.1, 0.15) is 11.1 Å². The molecule has 0 spiro atoms. The van der Waals surface area contributed by atoms with Crippen molar-refractivity contribution < 1.29 is 17.1 Å². The first kappa shape index (κ1) is 13.9. The fourth-order valence-corrected chi connectivity index (χ4v) is 3.45. The lowest BCUT2D eigenvalue weighted by molar-refractivity contribution is -0.117. The molecule has 0 bridgehead atoms. The second-order valence-electron chi connectivity index (χ2n) is 3.77. The van der Waals surface area contributed by atoms with E-state index in [0.29, 0.717) is 14.4 Å². The molecule has 98 valence electrons. The van der Waals surface area contributed by atoms with Gasteiger partial charge in [-0.25, -0.2) is 4.98 Å². The van der Waals surface area contributed by atoms with Crippen molar-refractivity contribution in [3.63, 3.8) is 0 Å². The van der Waals surface area contributed by atoms with Crippen LogP contribution < -0.4 is 4.90 Å². The lowest BCUT2D eigenvalue weighted by atomic mass is 10.4. The number of hydrogen-bond donors (Lipinski definition) is 0. The van der Waals surface area contributed by atoms with E-state index in [1.54, 1.807) is 6.07 Å². The second-order valence-corrected chi connectivity index (χ2v) is 6.98. The molecular formula is C9H7ClFIN2O3S. The van der Waals surface area contributed by atoms with Crippen LogP contribution in [0.2, 0.25) is 5.02 Å². The van der Waals surface area contributed by atoms with Crippen LogP contribution in [0.5, 0.6) is 0 Å². The summed E-state index contributed by atoms with van der Waals surface area (Å²) in [6.07, 6.45) is 0.989. The number of nitrogens with zero attached hydrogens (tertiary/aromatic N) is 2. The van der Waals surface area contributed by atoms with Crippen molar-refractivity contribution in [1.29, 1.82) is 0 Å². The highest BCUT2D eigenvalue weighted by Gasteiger charge is 2.40. The fraction of sp³-hybridized carbons (Fsp3) is 0.333. The van der Waals surface area contributed by atoms with E-state index in [4.69, 9.17) is 11.6 Å². The average Bonchev–Trinajstić information content (AvgIpc) is 2.60. The van der Waals surface area contributed by atoms with Crippen molar-refractivity contribution in [2.45, 2.75) is 11.7 Å². The lowest BCUT2D eigenvalue weighted by Crippen LogP contribution is -2.28. The van der Waals surface area contributed by atoms with E-state index in [0.717, 1.165) is 0 Å². The van der Waals surface area contributed by atoms with Gasteiger partial charge in [0.2, 0.25) is 5.91 Å². The number of anilines is 1. The minimum atomic E-state index is -4.72. The highest BCUT2D eigenvalue weighted by molar-refractivity contribution is 14.1. The molecule has 1 aliphatic heterocycles. The van der Waals surface area contributed by atoms with Gasteiger partial charge in [-0.05, 0) is 28.7 Å². The Labute approximate surface area is 122 Å². The van der Waals surface area contributed by atoms with Crippen LogP contribution in [0.25, 0.3) is 0 Å². The number of hydrogen-bond acceptors (Lipinski definition) is 4. The summed E-state index contributed by atoms with van der Waals surface area (Å²) in [6, 6.07) is 1.59. The Balaban J connectivity index is 2.33. The summed E-state index contributed by atoms with van der Waals surface area (Å²) in [4.78, 5) is 16.8. The molecule has 5 nitrogen and oxygen atoms in total. The number of halogens is 3. The van der Waals surface area contributed by atoms with Gasteiger partial charge in [0.25, 0.3) is 0 Å². The number of amides is 1. The first-order valence-electron chi connectivity index (χ1n) is 4.84. The van der Waals surface area contributed by atoms with Crippen LogP contribution in [-0.2, 0) is 15.0 Å². The molecule has 1 aromatic rings. The van der Waals surface area contributed by atoms with Gasteiger partial charge >= 0.3 is 10.2 Å². The molecule has 1 fully saturated rings. The number of rotatable bonds is 2. The molecule has 2 rings (SSSR count). The molecule has 0 saturated carbocycles.